The van der Waals surface area contributed by atoms with E-state index in [0.717, 1.165) is 17.5 Å². The van der Waals surface area contributed by atoms with Crippen LogP contribution in [0.3, 0.4) is 0 Å². The summed E-state index contributed by atoms with van der Waals surface area (Å²) in [4.78, 5) is 10.7. The largest absolute Gasteiger partial charge is 0.274 e. The van der Waals surface area contributed by atoms with Gasteiger partial charge in [0.2, 0.25) is 5.91 Å². The molecule has 2 aliphatic rings. The van der Waals surface area contributed by atoms with Gasteiger partial charge in [0.1, 0.15) is 0 Å². The summed E-state index contributed by atoms with van der Waals surface area (Å²) < 4.78 is 0. The van der Waals surface area contributed by atoms with Gasteiger partial charge in [-0.15, -0.1) is 0 Å². The normalized spacial score (nSPS) is 36.1. The molecule has 3 atom stereocenters. The van der Waals surface area contributed by atoms with E-state index in [4.69, 9.17) is 0 Å². The SMILES string of the molecule is CC(=O)N/N=C(/C)[C@@H]1C[C@@H]2CC[C@@H]1C2. The molecule has 2 aliphatic carbocycles. The standard InChI is InChI=1S/C11H18N2O/c1-7(12-13-8(2)14)11-6-9-3-4-10(11)5-9/h9-11H,3-6H2,1-2H3,(H,13,14)/b12-7-/t9-,10-,11+/m1/s1. The second-order valence-electron chi connectivity index (χ2n) is 4.70. The minimum atomic E-state index is -0.0764. The molecular weight excluding hydrogens is 176 g/mol. The highest BCUT2D eigenvalue weighted by atomic mass is 16.2. The van der Waals surface area contributed by atoms with Crippen LogP contribution < -0.4 is 5.43 Å². The Morgan fingerprint density at radius 1 is 1.29 bits per heavy atom. The number of amides is 1. The molecule has 1 N–H and O–H groups in total. The minimum Gasteiger partial charge on any atom is -0.274 e. The molecule has 2 bridgehead atoms. The first kappa shape index (κ1) is 9.69. The van der Waals surface area contributed by atoms with E-state index in [1.165, 1.54) is 32.6 Å². The van der Waals surface area contributed by atoms with Crippen LogP contribution in [0, 0.1) is 17.8 Å². The average Bonchev–Trinajstić information content (AvgIpc) is 2.74. The van der Waals surface area contributed by atoms with Gasteiger partial charge < -0.3 is 0 Å². The van der Waals surface area contributed by atoms with E-state index in [9.17, 15) is 4.79 Å². The van der Waals surface area contributed by atoms with E-state index in [1.54, 1.807) is 0 Å². The quantitative estimate of drug-likeness (QED) is 0.529. The number of hydrazone groups is 1. The summed E-state index contributed by atoms with van der Waals surface area (Å²) in [5.41, 5.74) is 3.65. The van der Waals surface area contributed by atoms with Crippen molar-refractivity contribution in [2.75, 3.05) is 0 Å². The van der Waals surface area contributed by atoms with Gasteiger partial charge in [0, 0.05) is 18.6 Å². The van der Waals surface area contributed by atoms with Gasteiger partial charge in [-0.25, -0.2) is 5.43 Å². The molecule has 2 fully saturated rings. The molecule has 0 radical (unpaired) electrons. The third-order valence-corrected chi connectivity index (χ3v) is 3.66. The van der Waals surface area contributed by atoms with Crippen LogP contribution in [0.2, 0.25) is 0 Å². The van der Waals surface area contributed by atoms with Crippen molar-refractivity contribution in [2.24, 2.45) is 22.9 Å². The van der Waals surface area contributed by atoms with E-state index in [0.29, 0.717) is 5.92 Å². The number of fused-ring (bicyclic) bond motifs is 2. The maximum Gasteiger partial charge on any atom is 0.236 e. The average molecular weight is 194 g/mol. The number of hydrogen-bond acceptors (Lipinski definition) is 2. The van der Waals surface area contributed by atoms with Crippen LogP contribution in [0.1, 0.15) is 39.5 Å². The molecule has 1 amide bonds. The van der Waals surface area contributed by atoms with Crippen LogP contribution in [-0.2, 0) is 4.79 Å². The first-order valence-corrected chi connectivity index (χ1v) is 5.47. The van der Waals surface area contributed by atoms with Gasteiger partial charge in [0.15, 0.2) is 0 Å². The third-order valence-electron chi connectivity index (χ3n) is 3.66. The molecule has 78 valence electrons. The van der Waals surface area contributed by atoms with Crippen molar-refractivity contribution in [3.05, 3.63) is 0 Å². The molecule has 0 aromatic rings. The Balaban J connectivity index is 1.95. The first-order valence-electron chi connectivity index (χ1n) is 5.47. The lowest BCUT2D eigenvalue weighted by Crippen LogP contribution is -2.23. The second-order valence-corrected chi connectivity index (χ2v) is 4.70. The van der Waals surface area contributed by atoms with E-state index in [2.05, 4.69) is 10.5 Å². The predicted molar refractivity (Wildman–Crippen MR) is 55.9 cm³/mol. The molecule has 2 rings (SSSR count). The van der Waals surface area contributed by atoms with E-state index in [1.807, 2.05) is 6.92 Å². The van der Waals surface area contributed by atoms with Gasteiger partial charge in [0.05, 0.1) is 0 Å². The van der Waals surface area contributed by atoms with Crippen LogP contribution in [-0.4, -0.2) is 11.6 Å². The fourth-order valence-electron chi connectivity index (χ4n) is 3.01. The maximum atomic E-state index is 10.7. The summed E-state index contributed by atoms with van der Waals surface area (Å²) >= 11 is 0. The van der Waals surface area contributed by atoms with Crippen molar-refractivity contribution in [2.45, 2.75) is 39.5 Å². The van der Waals surface area contributed by atoms with Crippen molar-refractivity contribution in [1.29, 1.82) is 0 Å². The number of rotatable bonds is 2. The van der Waals surface area contributed by atoms with Gasteiger partial charge in [-0.05, 0) is 38.0 Å². The van der Waals surface area contributed by atoms with E-state index >= 15 is 0 Å². The zero-order valence-corrected chi connectivity index (χ0v) is 8.92. The van der Waals surface area contributed by atoms with Crippen molar-refractivity contribution in [1.82, 2.24) is 5.43 Å². The molecule has 0 unspecified atom stereocenters. The van der Waals surface area contributed by atoms with Gasteiger partial charge in [-0.3, -0.25) is 4.79 Å². The number of nitrogens with zero attached hydrogens (tertiary/aromatic N) is 1. The summed E-state index contributed by atoms with van der Waals surface area (Å²) in [5, 5.41) is 4.14. The van der Waals surface area contributed by atoms with Crippen molar-refractivity contribution in [3.8, 4) is 0 Å². The number of carbonyl (C=O) groups excluding carboxylic acids is 1. The fourth-order valence-corrected chi connectivity index (χ4v) is 3.01. The zero-order valence-electron chi connectivity index (χ0n) is 8.92. The Labute approximate surface area is 85.0 Å². The molecular formula is C11H18N2O. The zero-order chi connectivity index (χ0) is 10.1. The predicted octanol–water partition coefficient (Wildman–Crippen LogP) is 1.93. The molecule has 0 heterocycles. The van der Waals surface area contributed by atoms with Crippen molar-refractivity contribution in [3.63, 3.8) is 0 Å². The highest BCUT2D eigenvalue weighted by Crippen LogP contribution is 2.48. The Kier molecular flexibility index (Phi) is 2.57. The summed E-state index contributed by atoms with van der Waals surface area (Å²) in [5.74, 6) is 2.35. The number of hydrogen-bond donors (Lipinski definition) is 1. The van der Waals surface area contributed by atoms with Crippen LogP contribution in [0.25, 0.3) is 0 Å². The van der Waals surface area contributed by atoms with Crippen LogP contribution >= 0.6 is 0 Å². The highest BCUT2D eigenvalue weighted by molar-refractivity contribution is 5.86. The lowest BCUT2D eigenvalue weighted by Gasteiger charge is -2.20. The van der Waals surface area contributed by atoms with Gasteiger partial charge >= 0.3 is 0 Å². The fraction of sp³-hybridized carbons (Fsp3) is 0.818. The van der Waals surface area contributed by atoms with Gasteiger partial charge in [0.25, 0.3) is 0 Å². The second kappa shape index (κ2) is 3.71. The summed E-state index contributed by atoms with van der Waals surface area (Å²) in [7, 11) is 0. The molecule has 2 saturated carbocycles. The monoisotopic (exact) mass is 194 g/mol. The maximum absolute atomic E-state index is 10.7. The molecule has 3 nitrogen and oxygen atoms in total. The molecule has 0 saturated heterocycles. The summed E-state index contributed by atoms with van der Waals surface area (Å²) in [6.07, 6.45) is 5.45. The minimum absolute atomic E-state index is 0.0764. The molecule has 0 aromatic heterocycles. The number of carbonyl (C=O) groups is 1. The molecule has 0 spiro atoms. The third kappa shape index (κ3) is 1.81. The van der Waals surface area contributed by atoms with E-state index < -0.39 is 0 Å². The van der Waals surface area contributed by atoms with Crippen LogP contribution in [0.4, 0.5) is 0 Å². The van der Waals surface area contributed by atoms with Crippen LogP contribution in [0.5, 0.6) is 0 Å². The van der Waals surface area contributed by atoms with E-state index in [-0.39, 0.29) is 5.91 Å². The molecule has 0 aromatic carbocycles. The lowest BCUT2D eigenvalue weighted by atomic mass is 9.86. The Bertz CT molecular complexity index is 272. The van der Waals surface area contributed by atoms with Crippen LogP contribution in [0.15, 0.2) is 5.10 Å². The smallest absolute Gasteiger partial charge is 0.236 e. The van der Waals surface area contributed by atoms with Gasteiger partial charge in [-0.1, -0.05) is 6.42 Å². The van der Waals surface area contributed by atoms with Crippen molar-refractivity contribution >= 4 is 11.6 Å². The first-order chi connectivity index (χ1) is 6.66. The van der Waals surface area contributed by atoms with Gasteiger partial charge in [-0.2, -0.15) is 5.10 Å². The highest BCUT2D eigenvalue weighted by Gasteiger charge is 2.40. The Morgan fingerprint density at radius 2 is 2.07 bits per heavy atom. The Morgan fingerprint density at radius 3 is 2.57 bits per heavy atom. The Hall–Kier alpha value is -0.860. The summed E-state index contributed by atoms with van der Waals surface area (Å²) in [6, 6.07) is 0. The number of nitrogens with one attached hydrogen (secondary N) is 1. The van der Waals surface area contributed by atoms with Crippen molar-refractivity contribution < 1.29 is 4.79 Å². The summed E-state index contributed by atoms with van der Waals surface area (Å²) in [6.45, 7) is 3.54. The molecule has 3 heteroatoms. The molecule has 14 heavy (non-hydrogen) atoms. The lowest BCUT2D eigenvalue weighted by molar-refractivity contribution is -0.118. The topological polar surface area (TPSA) is 41.5 Å². The molecule has 0 aliphatic heterocycles.